The zero-order chi connectivity index (χ0) is 10.8. The zero-order valence-electron chi connectivity index (χ0n) is 7.26. The molecule has 1 saturated heterocycles. The third-order valence-corrected chi connectivity index (χ3v) is 2.11. The van der Waals surface area contributed by atoms with Gasteiger partial charge in [-0.3, -0.25) is 0 Å². The molecule has 4 nitrogen and oxygen atoms in total. The first-order valence-electron chi connectivity index (χ1n) is 4.00. The number of nitrogens with two attached hydrogens (primary N) is 1. The van der Waals surface area contributed by atoms with Crippen LogP contribution in [-0.2, 0) is 9.47 Å². The van der Waals surface area contributed by atoms with Gasteiger partial charge >= 0.3 is 12.3 Å². The van der Waals surface area contributed by atoms with Crippen molar-refractivity contribution in [2.24, 2.45) is 5.73 Å². The lowest BCUT2D eigenvalue weighted by atomic mass is 9.93. The topological polar surface area (TPSA) is 61.6 Å². The van der Waals surface area contributed by atoms with Crippen LogP contribution in [0.5, 0.6) is 0 Å². The number of hydrogen-bond acceptors (Lipinski definition) is 3. The Morgan fingerprint density at radius 3 is 2.21 bits per heavy atom. The molecule has 1 aliphatic rings. The molecule has 7 heteroatoms. The molecule has 0 atom stereocenters. The number of halogens is 3. The highest BCUT2D eigenvalue weighted by atomic mass is 19.4. The standard InChI is InChI=1S/C7H10F3NO3/c8-7(9,10)6(14-5(11)12)1-3-13-4-2-6/h1-4H2,(H2,11,12). The van der Waals surface area contributed by atoms with Gasteiger partial charge in [-0.15, -0.1) is 0 Å². The van der Waals surface area contributed by atoms with Gasteiger partial charge in [0.05, 0.1) is 13.2 Å². The van der Waals surface area contributed by atoms with E-state index in [1.54, 1.807) is 0 Å². The molecule has 0 radical (unpaired) electrons. The molecule has 1 amide bonds. The Hall–Kier alpha value is -0.980. The van der Waals surface area contributed by atoms with Crippen LogP contribution in [0, 0.1) is 0 Å². The molecule has 0 aromatic carbocycles. The van der Waals surface area contributed by atoms with Gasteiger partial charge in [-0.2, -0.15) is 13.2 Å². The first kappa shape index (κ1) is 11.1. The second kappa shape index (κ2) is 3.64. The van der Waals surface area contributed by atoms with Gasteiger partial charge in [-0.25, -0.2) is 4.79 Å². The molecule has 14 heavy (non-hydrogen) atoms. The lowest BCUT2D eigenvalue weighted by Crippen LogP contribution is -2.53. The van der Waals surface area contributed by atoms with E-state index in [2.05, 4.69) is 10.5 Å². The van der Waals surface area contributed by atoms with Crippen LogP contribution >= 0.6 is 0 Å². The van der Waals surface area contributed by atoms with Crippen molar-refractivity contribution < 1.29 is 27.4 Å². The van der Waals surface area contributed by atoms with E-state index in [-0.39, 0.29) is 13.2 Å². The summed E-state index contributed by atoms with van der Waals surface area (Å²) in [6, 6.07) is 0. The fourth-order valence-corrected chi connectivity index (χ4v) is 1.34. The molecule has 0 bridgehead atoms. The van der Waals surface area contributed by atoms with Crippen LogP contribution in [0.4, 0.5) is 18.0 Å². The highest BCUT2D eigenvalue weighted by molar-refractivity contribution is 5.65. The van der Waals surface area contributed by atoms with Gasteiger partial charge in [0.2, 0.25) is 5.60 Å². The monoisotopic (exact) mass is 213 g/mol. The number of amides is 1. The van der Waals surface area contributed by atoms with Gasteiger partial charge in [0.1, 0.15) is 0 Å². The summed E-state index contributed by atoms with van der Waals surface area (Å²) in [5, 5.41) is 0. The molecular formula is C7H10F3NO3. The Morgan fingerprint density at radius 1 is 1.36 bits per heavy atom. The minimum atomic E-state index is -4.61. The Morgan fingerprint density at radius 2 is 1.86 bits per heavy atom. The van der Waals surface area contributed by atoms with Crippen molar-refractivity contribution in [3.8, 4) is 0 Å². The lowest BCUT2D eigenvalue weighted by Gasteiger charge is -2.37. The Labute approximate surface area is 78.1 Å². The second-order valence-corrected chi connectivity index (χ2v) is 3.03. The molecular weight excluding hydrogens is 203 g/mol. The Balaban J connectivity index is 2.83. The molecule has 0 spiro atoms. The van der Waals surface area contributed by atoms with Crippen molar-refractivity contribution in [2.75, 3.05) is 13.2 Å². The summed E-state index contributed by atoms with van der Waals surface area (Å²) in [4.78, 5) is 10.4. The average Bonchev–Trinajstić information content (AvgIpc) is 2.02. The van der Waals surface area contributed by atoms with Crippen molar-refractivity contribution in [3.05, 3.63) is 0 Å². The molecule has 0 aromatic heterocycles. The third kappa shape index (κ3) is 2.09. The van der Waals surface area contributed by atoms with Crippen LogP contribution in [-0.4, -0.2) is 31.1 Å². The van der Waals surface area contributed by atoms with Crippen LogP contribution in [0.2, 0.25) is 0 Å². The number of carbonyl (C=O) groups excluding carboxylic acids is 1. The maximum absolute atomic E-state index is 12.6. The fourth-order valence-electron chi connectivity index (χ4n) is 1.34. The molecule has 1 heterocycles. The highest BCUT2D eigenvalue weighted by Crippen LogP contribution is 2.40. The largest absolute Gasteiger partial charge is 0.433 e. The second-order valence-electron chi connectivity index (χ2n) is 3.03. The maximum atomic E-state index is 12.6. The predicted octanol–water partition coefficient (Wildman–Crippen LogP) is 1.19. The van der Waals surface area contributed by atoms with E-state index in [0.29, 0.717) is 0 Å². The van der Waals surface area contributed by atoms with Gasteiger partial charge in [0.15, 0.2) is 0 Å². The number of alkyl halides is 3. The fraction of sp³-hybridized carbons (Fsp3) is 0.857. The van der Waals surface area contributed by atoms with Crippen LogP contribution < -0.4 is 5.73 Å². The SMILES string of the molecule is NC(=O)OC1(C(F)(F)F)CCOCC1. The summed E-state index contributed by atoms with van der Waals surface area (Å²) in [5.74, 6) is 0. The summed E-state index contributed by atoms with van der Waals surface area (Å²) in [6.07, 6.45) is -6.82. The first-order valence-corrected chi connectivity index (χ1v) is 4.00. The van der Waals surface area contributed by atoms with Crippen LogP contribution in [0.15, 0.2) is 0 Å². The average molecular weight is 213 g/mol. The number of rotatable bonds is 1. The summed E-state index contributed by atoms with van der Waals surface area (Å²) in [6.45, 7) is -0.181. The molecule has 0 saturated carbocycles. The van der Waals surface area contributed by atoms with Gasteiger partial charge in [-0.1, -0.05) is 0 Å². The normalized spacial score (nSPS) is 21.6. The van der Waals surface area contributed by atoms with E-state index in [1.165, 1.54) is 0 Å². The van der Waals surface area contributed by atoms with E-state index in [1.807, 2.05) is 0 Å². The van der Waals surface area contributed by atoms with Crippen molar-refractivity contribution in [3.63, 3.8) is 0 Å². The van der Waals surface area contributed by atoms with Crippen LogP contribution in [0.3, 0.4) is 0 Å². The minimum Gasteiger partial charge on any atom is -0.433 e. The maximum Gasteiger partial charge on any atom is 0.428 e. The number of carbonyl (C=O) groups is 1. The van der Waals surface area contributed by atoms with Gasteiger partial charge in [0.25, 0.3) is 0 Å². The molecule has 2 N–H and O–H groups in total. The lowest BCUT2D eigenvalue weighted by molar-refractivity contribution is -0.277. The number of ether oxygens (including phenoxy) is 2. The quantitative estimate of drug-likeness (QED) is 0.711. The van der Waals surface area contributed by atoms with E-state index >= 15 is 0 Å². The molecule has 1 fully saturated rings. The van der Waals surface area contributed by atoms with Gasteiger partial charge in [0, 0.05) is 12.8 Å². The first-order chi connectivity index (χ1) is 6.37. The van der Waals surface area contributed by atoms with Crippen molar-refractivity contribution in [2.45, 2.75) is 24.6 Å². The summed E-state index contributed by atoms with van der Waals surface area (Å²) < 4.78 is 46.7. The van der Waals surface area contributed by atoms with Gasteiger partial charge < -0.3 is 15.2 Å². The molecule has 0 unspecified atom stereocenters. The Bertz CT molecular complexity index is 223. The summed E-state index contributed by atoms with van der Waals surface area (Å²) in [7, 11) is 0. The molecule has 82 valence electrons. The summed E-state index contributed by atoms with van der Waals surface area (Å²) in [5.41, 5.74) is 2.14. The van der Waals surface area contributed by atoms with Crippen LogP contribution in [0.1, 0.15) is 12.8 Å². The Kier molecular flexibility index (Phi) is 2.89. The highest BCUT2D eigenvalue weighted by Gasteiger charge is 2.58. The minimum absolute atomic E-state index is 0.0905. The third-order valence-electron chi connectivity index (χ3n) is 2.11. The molecule has 0 aromatic rings. The van der Waals surface area contributed by atoms with Crippen LogP contribution in [0.25, 0.3) is 0 Å². The predicted molar refractivity (Wildman–Crippen MR) is 39.5 cm³/mol. The van der Waals surface area contributed by atoms with Crippen molar-refractivity contribution >= 4 is 6.09 Å². The van der Waals surface area contributed by atoms with E-state index in [0.717, 1.165) is 0 Å². The van der Waals surface area contributed by atoms with Crippen molar-refractivity contribution in [1.82, 2.24) is 0 Å². The number of primary amides is 1. The van der Waals surface area contributed by atoms with Gasteiger partial charge in [-0.05, 0) is 0 Å². The van der Waals surface area contributed by atoms with E-state index in [9.17, 15) is 18.0 Å². The zero-order valence-corrected chi connectivity index (χ0v) is 7.26. The summed E-state index contributed by atoms with van der Waals surface area (Å²) >= 11 is 0. The van der Waals surface area contributed by atoms with E-state index in [4.69, 9.17) is 4.74 Å². The molecule has 1 rings (SSSR count). The molecule has 0 aliphatic carbocycles. The van der Waals surface area contributed by atoms with E-state index < -0.39 is 30.7 Å². The smallest absolute Gasteiger partial charge is 0.428 e. The van der Waals surface area contributed by atoms with Crippen molar-refractivity contribution in [1.29, 1.82) is 0 Å². The number of hydrogen-bond donors (Lipinski definition) is 1. The molecule has 1 aliphatic heterocycles.